The van der Waals surface area contributed by atoms with Crippen molar-refractivity contribution in [3.05, 3.63) is 35.9 Å². The molecule has 5 nitrogen and oxygen atoms in total. The molecular weight excluding hydrogens is 270 g/mol. The van der Waals surface area contributed by atoms with Crippen molar-refractivity contribution in [1.29, 1.82) is 0 Å². The Morgan fingerprint density at radius 2 is 2.00 bits per heavy atom. The number of carboxylic acid groups (broad SMARTS) is 1. The van der Waals surface area contributed by atoms with Crippen LogP contribution in [0.15, 0.2) is 30.3 Å². The van der Waals surface area contributed by atoms with Gasteiger partial charge in [-0.05, 0) is 30.7 Å². The monoisotopic (exact) mass is 289 g/mol. The number of benzene rings is 1. The van der Waals surface area contributed by atoms with E-state index in [2.05, 4.69) is 0 Å². The molecule has 21 heavy (non-hydrogen) atoms. The third kappa shape index (κ3) is 2.86. The number of carbonyl (C=O) groups excluding carboxylic acids is 1. The molecule has 0 spiro atoms. The predicted octanol–water partition coefficient (Wildman–Crippen LogP) is 2.51. The van der Waals surface area contributed by atoms with Crippen LogP contribution in [0.5, 0.6) is 0 Å². The highest BCUT2D eigenvalue weighted by molar-refractivity contribution is 5.74. The number of ether oxygens (including phenoxy) is 1. The summed E-state index contributed by atoms with van der Waals surface area (Å²) in [6.45, 7) is 0.855. The van der Waals surface area contributed by atoms with Crippen molar-refractivity contribution in [3.63, 3.8) is 0 Å². The van der Waals surface area contributed by atoms with Gasteiger partial charge >= 0.3 is 12.1 Å². The first-order chi connectivity index (χ1) is 10.1. The Bertz CT molecular complexity index is 530. The summed E-state index contributed by atoms with van der Waals surface area (Å²) in [5.41, 5.74) is 0.933. The highest BCUT2D eigenvalue weighted by Crippen LogP contribution is 2.39. The minimum Gasteiger partial charge on any atom is -0.481 e. The molecule has 1 N–H and O–H groups in total. The maximum atomic E-state index is 12.2. The summed E-state index contributed by atoms with van der Waals surface area (Å²) >= 11 is 0. The van der Waals surface area contributed by atoms with Gasteiger partial charge in [0.25, 0.3) is 0 Å². The molecular formula is C16H19NO4. The molecule has 112 valence electrons. The van der Waals surface area contributed by atoms with Crippen LogP contribution in [0.2, 0.25) is 0 Å². The van der Waals surface area contributed by atoms with Gasteiger partial charge in [0.15, 0.2) is 0 Å². The minimum absolute atomic E-state index is 0.212. The summed E-state index contributed by atoms with van der Waals surface area (Å²) in [4.78, 5) is 25.2. The number of hydrogen-bond acceptors (Lipinski definition) is 3. The SMILES string of the molecule is O=C(O)C1CC2CCC1N(C(=O)OCc1ccccc1)C2. The van der Waals surface area contributed by atoms with Gasteiger partial charge in [-0.2, -0.15) is 0 Å². The molecule has 1 aliphatic carbocycles. The number of fused-ring (bicyclic) bond motifs is 3. The highest BCUT2D eigenvalue weighted by atomic mass is 16.6. The van der Waals surface area contributed by atoms with Crippen LogP contribution in [0.4, 0.5) is 4.79 Å². The molecule has 1 aromatic rings. The van der Waals surface area contributed by atoms with Crippen molar-refractivity contribution in [2.24, 2.45) is 11.8 Å². The molecule has 0 aromatic heterocycles. The van der Waals surface area contributed by atoms with E-state index >= 15 is 0 Å². The topological polar surface area (TPSA) is 66.8 Å². The van der Waals surface area contributed by atoms with Crippen molar-refractivity contribution >= 4 is 12.1 Å². The number of aliphatic carboxylic acids is 1. The first-order valence-electron chi connectivity index (χ1n) is 7.35. The van der Waals surface area contributed by atoms with E-state index in [4.69, 9.17) is 4.74 Å². The average molecular weight is 289 g/mol. The van der Waals surface area contributed by atoms with Gasteiger partial charge in [0, 0.05) is 12.6 Å². The van der Waals surface area contributed by atoms with Crippen molar-refractivity contribution < 1.29 is 19.4 Å². The van der Waals surface area contributed by atoms with Gasteiger partial charge in [-0.1, -0.05) is 30.3 Å². The lowest BCUT2D eigenvalue weighted by molar-refractivity contribution is -0.149. The second-order valence-corrected chi connectivity index (χ2v) is 5.88. The molecule has 1 amide bonds. The second kappa shape index (κ2) is 5.76. The van der Waals surface area contributed by atoms with E-state index in [1.165, 1.54) is 0 Å². The van der Waals surface area contributed by atoms with Gasteiger partial charge in [0.1, 0.15) is 6.61 Å². The Morgan fingerprint density at radius 3 is 2.67 bits per heavy atom. The molecule has 2 bridgehead atoms. The van der Waals surface area contributed by atoms with Gasteiger partial charge in [0.05, 0.1) is 5.92 Å². The lowest BCUT2D eigenvalue weighted by atomic mass is 9.73. The normalized spacial score (nSPS) is 27.4. The quantitative estimate of drug-likeness (QED) is 0.928. The van der Waals surface area contributed by atoms with Crippen LogP contribution in [-0.2, 0) is 16.1 Å². The largest absolute Gasteiger partial charge is 0.481 e. The molecule has 2 saturated heterocycles. The van der Waals surface area contributed by atoms with Crippen molar-refractivity contribution in [2.75, 3.05) is 6.54 Å². The molecule has 4 rings (SSSR count). The lowest BCUT2D eigenvalue weighted by Crippen LogP contribution is -2.57. The summed E-state index contributed by atoms with van der Waals surface area (Å²) in [5.74, 6) is -0.951. The summed E-state index contributed by atoms with van der Waals surface area (Å²) in [6.07, 6.45) is 2.07. The Hall–Kier alpha value is -2.04. The van der Waals surface area contributed by atoms with Crippen LogP contribution < -0.4 is 0 Å². The number of amides is 1. The van der Waals surface area contributed by atoms with E-state index in [1.807, 2.05) is 30.3 Å². The molecule has 3 atom stereocenters. The van der Waals surface area contributed by atoms with E-state index in [-0.39, 0.29) is 18.7 Å². The number of piperidine rings is 2. The van der Waals surface area contributed by atoms with Crippen LogP contribution in [0.25, 0.3) is 0 Å². The maximum Gasteiger partial charge on any atom is 0.410 e. The summed E-state index contributed by atoms with van der Waals surface area (Å²) in [7, 11) is 0. The van der Waals surface area contributed by atoms with Crippen LogP contribution in [0.3, 0.4) is 0 Å². The maximum absolute atomic E-state index is 12.2. The smallest absolute Gasteiger partial charge is 0.410 e. The van der Waals surface area contributed by atoms with Gasteiger partial charge in [-0.15, -0.1) is 0 Å². The molecule has 1 saturated carbocycles. The Balaban J connectivity index is 1.63. The predicted molar refractivity (Wildman–Crippen MR) is 75.6 cm³/mol. The van der Waals surface area contributed by atoms with Gasteiger partial charge in [-0.3, -0.25) is 4.79 Å². The average Bonchev–Trinajstić information content (AvgIpc) is 2.53. The first kappa shape index (κ1) is 13.9. The van der Waals surface area contributed by atoms with Crippen LogP contribution in [-0.4, -0.2) is 34.7 Å². The van der Waals surface area contributed by atoms with E-state index in [1.54, 1.807) is 4.90 Å². The standard InChI is InChI=1S/C16H19NO4/c18-15(19)13-8-12-6-7-14(13)17(9-12)16(20)21-10-11-4-2-1-3-5-11/h1-5,12-14H,6-10H2,(H,18,19). The van der Waals surface area contributed by atoms with E-state index < -0.39 is 11.9 Å². The third-order valence-electron chi connectivity index (χ3n) is 4.53. The number of carboxylic acids is 1. The van der Waals surface area contributed by atoms with Crippen LogP contribution in [0.1, 0.15) is 24.8 Å². The molecule has 2 aliphatic heterocycles. The molecule has 1 aromatic carbocycles. The van der Waals surface area contributed by atoms with Crippen molar-refractivity contribution in [3.8, 4) is 0 Å². The van der Waals surface area contributed by atoms with E-state index in [9.17, 15) is 14.7 Å². The van der Waals surface area contributed by atoms with Gasteiger partial charge in [-0.25, -0.2) is 4.79 Å². The van der Waals surface area contributed by atoms with Crippen LogP contribution in [0, 0.1) is 11.8 Å². The molecule has 2 heterocycles. The zero-order valence-electron chi connectivity index (χ0n) is 11.8. The summed E-state index contributed by atoms with van der Waals surface area (Å²) < 4.78 is 5.34. The minimum atomic E-state index is -0.801. The Labute approximate surface area is 123 Å². The van der Waals surface area contributed by atoms with Crippen LogP contribution >= 0.6 is 0 Å². The zero-order valence-corrected chi connectivity index (χ0v) is 11.8. The molecule has 0 radical (unpaired) electrons. The fraction of sp³-hybridized carbons (Fsp3) is 0.500. The first-order valence-corrected chi connectivity index (χ1v) is 7.35. The van der Waals surface area contributed by atoms with E-state index in [0.717, 1.165) is 18.4 Å². The Kier molecular flexibility index (Phi) is 3.82. The number of nitrogens with zero attached hydrogens (tertiary/aromatic N) is 1. The summed E-state index contributed by atoms with van der Waals surface area (Å²) in [5, 5.41) is 9.29. The van der Waals surface area contributed by atoms with Gasteiger partial charge < -0.3 is 14.7 Å². The molecule has 5 heteroatoms. The lowest BCUT2D eigenvalue weighted by Gasteiger charge is -2.47. The molecule has 3 fully saturated rings. The fourth-order valence-corrected chi connectivity index (χ4v) is 3.47. The molecule has 3 unspecified atom stereocenters. The highest BCUT2D eigenvalue weighted by Gasteiger charge is 2.46. The Morgan fingerprint density at radius 1 is 1.24 bits per heavy atom. The van der Waals surface area contributed by atoms with E-state index in [0.29, 0.717) is 18.9 Å². The third-order valence-corrected chi connectivity index (χ3v) is 4.53. The second-order valence-electron chi connectivity index (χ2n) is 5.88. The fourth-order valence-electron chi connectivity index (χ4n) is 3.47. The van der Waals surface area contributed by atoms with Crippen molar-refractivity contribution in [2.45, 2.75) is 31.9 Å². The number of hydrogen-bond donors (Lipinski definition) is 1. The summed E-state index contributed by atoms with van der Waals surface area (Å²) in [6, 6.07) is 9.28. The number of carbonyl (C=O) groups is 2. The molecule has 3 aliphatic rings. The van der Waals surface area contributed by atoms with Gasteiger partial charge in [0.2, 0.25) is 0 Å². The van der Waals surface area contributed by atoms with Crippen molar-refractivity contribution in [1.82, 2.24) is 4.90 Å². The zero-order chi connectivity index (χ0) is 14.8. The number of rotatable bonds is 3.